The Morgan fingerprint density at radius 1 is 1.26 bits per heavy atom. The van der Waals surface area contributed by atoms with Crippen LogP contribution < -0.4 is 10.5 Å². The van der Waals surface area contributed by atoms with Gasteiger partial charge in [-0.05, 0) is 44.5 Å². The van der Waals surface area contributed by atoms with Crippen molar-refractivity contribution in [3.8, 4) is 0 Å². The smallest absolute Gasteiger partial charge is 0.240 e. The molecule has 1 rings (SSSR count). The fraction of sp³-hybridized carbons (Fsp3) is 0.538. The standard InChI is InChI=1S/C13H22N2O3S/c1-11(2)18-10-9-15-19(16,17)13-5-3-12(4-6-13)7-8-14/h3-6,11,15H,7-10,14H2,1-2H3. The van der Waals surface area contributed by atoms with Crippen LogP contribution in [0.5, 0.6) is 0 Å². The Bertz CT molecular complexity index is 469. The number of ether oxygens (including phenoxy) is 1. The van der Waals surface area contributed by atoms with Gasteiger partial charge < -0.3 is 10.5 Å². The van der Waals surface area contributed by atoms with Crippen LogP contribution in [0.2, 0.25) is 0 Å². The molecule has 3 N–H and O–H groups in total. The predicted molar refractivity (Wildman–Crippen MR) is 75.5 cm³/mol. The number of benzene rings is 1. The highest BCUT2D eigenvalue weighted by Gasteiger charge is 2.12. The van der Waals surface area contributed by atoms with Crippen molar-refractivity contribution in [2.45, 2.75) is 31.3 Å². The Hall–Kier alpha value is -0.950. The van der Waals surface area contributed by atoms with Gasteiger partial charge in [0.05, 0.1) is 17.6 Å². The minimum absolute atomic E-state index is 0.0973. The van der Waals surface area contributed by atoms with E-state index in [4.69, 9.17) is 10.5 Å². The first-order valence-corrected chi connectivity index (χ1v) is 7.84. The quantitative estimate of drug-likeness (QED) is 0.695. The van der Waals surface area contributed by atoms with E-state index in [1.807, 2.05) is 13.8 Å². The molecule has 108 valence electrons. The van der Waals surface area contributed by atoms with Crippen molar-refractivity contribution in [1.82, 2.24) is 4.72 Å². The molecule has 0 radical (unpaired) electrons. The van der Waals surface area contributed by atoms with Gasteiger partial charge in [0.25, 0.3) is 0 Å². The summed E-state index contributed by atoms with van der Waals surface area (Å²) < 4.78 is 31.7. The van der Waals surface area contributed by atoms with Gasteiger partial charge >= 0.3 is 0 Å². The second-order valence-corrected chi connectivity index (χ2v) is 6.27. The van der Waals surface area contributed by atoms with Crippen LogP contribution in [-0.2, 0) is 21.2 Å². The molecule has 0 aromatic heterocycles. The van der Waals surface area contributed by atoms with Gasteiger partial charge in [-0.3, -0.25) is 0 Å². The number of nitrogens with two attached hydrogens (primary N) is 1. The minimum Gasteiger partial charge on any atom is -0.377 e. The normalized spacial score (nSPS) is 12.0. The third-order valence-corrected chi connectivity index (χ3v) is 3.99. The first kappa shape index (κ1) is 16.1. The number of rotatable bonds is 8. The molecule has 1 aromatic carbocycles. The highest BCUT2D eigenvalue weighted by atomic mass is 32.2. The Morgan fingerprint density at radius 3 is 2.42 bits per heavy atom. The van der Waals surface area contributed by atoms with E-state index in [-0.39, 0.29) is 17.5 Å². The largest absolute Gasteiger partial charge is 0.377 e. The average molecular weight is 286 g/mol. The van der Waals surface area contributed by atoms with Crippen LogP contribution in [0.25, 0.3) is 0 Å². The summed E-state index contributed by atoms with van der Waals surface area (Å²) in [5.41, 5.74) is 6.48. The van der Waals surface area contributed by atoms with E-state index in [0.29, 0.717) is 13.2 Å². The van der Waals surface area contributed by atoms with Crippen molar-refractivity contribution in [1.29, 1.82) is 0 Å². The summed E-state index contributed by atoms with van der Waals surface area (Å²) in [6.07, 6.45) is 0.843. The van der Waals surface area contributed by atoms with Crippen LogP contribution in [0, 0.1) is 0 Å². The molecule has 0 aliphatic rings. The highest BCUT2D eigenvalue weighted by molar-refractivity contribution is 7.89. The minimum atomic E-state index is -3.45. The molecule has 0 fully saturated rings. The van der Waals surface area contributed by atoms with Crippen molar-refractivity contribution in [2.75, 3.05) is 19.7 Å². The molecule has 0 bridgehead atoms. The van der Waals surface area contributed by atoms with E-state index in [9.17, 15) is 8.42 Å². The van der Waals surface area contributed by atoms with Gasteiger partial charge in [0, 0.05) is 6.54 Å². The van der Waals surface area contributed by atoms with E-state index in [1.165, 1.54) is 0 Å². The van der Waals surface area contributed by atoms with Gasteiger partial charge in [0.1, 0.15) is 0 Å². The lowest BCUT2D eigenvalue weighted by atomic mass is 10.2. The van der Waals surface area contributed by atoms with E-state index >= 15 is 0 Å². The van der Waals surface area contributed by atoms with E-state index in [1.54, 1.807) is 24.3 Å². The molecule has 0 atom stereocenters. The summed E-state index contributed by atoms with van der Waals surface area (Å²) in [7, 11) is -3.45. The van der Waals surface area contributed by atoms with E-state index < -0.39 is 10.0 Å². The Balaban J connectivity index is 2.56. The van der Waals surface area contributed by atoms with Crippen LogP contribution >= 0.6 is 0 Å². The van der Waals surface area contributed by atoms with Gasteiger partial charge in [-0.1, -0.05) is 12.1 Å². The number of sulfonamides is 1. The second kappa shape index (κ2) is 7.59. The van der Waals surface area contributed by atoms with Gasteiger partial charge in [-0.2, -0.15) is 0 Å². The van der Waals surface area contributed by atoms with E-state index in [2.05, 4.69) is 4.72 Å². The monoisotopic (exact) mass is 286 g/mol. The zero-order valence-electron chi connectivity index (χ0n) is 11.4. The molecule has 1 aromatic rings. The fourth-order valence-electron chi connectivity index (χ4n) is 1.56. The molecular weight excluding hydrogens is 264 g/mol. The summed E-state index contributed by atoms with van der Waals surface area (Å²) >= 11 is 0. The summed E-state index contributed by atoms with van der Waals surface area (Å²) in [5, 5.41) is 0. The Kier molecular flexibility index (Phi) is 6.44. The maximum Gasteiger partial charge on any atom is 0.240 e. The first-order valence-electron chi connectivity index (χ1n) is 6.36. The van der Waals surface area contributed by atoms with Gasteiger partial charge in [0.2, 0.25) is 10.0 Å². The van der Waals surface area contributed by atoms with Crippen LogP contribution in [0.15, 0.2) is 29.2 Å². The zero-order chi connectivity index (χ0) is 14.3. The maximum atomic E-state index is 12.0. The summed E-state index contributed by atoms with van der Waals surface area (Å²) in [6.45, 7) is 5.00. The lowest BCUT2D eigenvalue weighted by Gasteiger charge is -2.09. The third kappa shape index (κ3) is 5.69. The molecule has 0 saturated heterocycles. The van der Waals surface area contributed by atoms with Crippen molar-refractivity contribution in [3.63, 3.8) is 0 Å². The molecule has 0 spiro atoms. The second-order valence-electron chi connectivity index (χ2n) is 4.50. The van der Waals surface area contributed by atoms with Gasteiger partial charge in [0.15, 0.2) is 0 Å². The van der Waals surface area contributed by atoms with Crippen molar-refractivity contribution >= 4 is 10.0 Å². The van der Waals surface area contributed by atoms with Crippen LogP contribution in [0.3, 0.4) is 0 Å². The van der Waals surface area contributed by atoms with Crippen LogP contribution in [0.4, 0.5) is 0 Å². The molecule has 0 heterocycles. The molecule has 6 heteroatoms. The van der Waals surface area contributed by atoms with Gasteiger partial charge in [-0.25, -0.2) is 13.1 Å². The molecule has 0 aliphatic heterocycles. The number of nitrogens with one attached hydrogen (secondary N) is 1. The predicted octanol–water partition coefficient (Wildman–Crippen LogP) is 0.891. The van der Waals surface area contributed by atoms with E-state index in [0.717, 1.165) is 12.0 Å². The molecule has 5 nitrogen and oxygen atoms in total. The van der Waals surface area contributed by atoms with Crippen LogP contribution in [0.1, 0.15) is 19.4 Å². The summed E-state index contributed by atoms with van der Waals surface area (Å²) in [6, 6.07) is 6.76. The highest BCUT2D eigenvalue weighted by Crippen LogP contribution is 2.10. The summed E-state index contributed by atoms with van der Waals surface area (Å²) in [5.74, 6) is 0. The molecule has 0 amide bonds. The van der Waals surface area contributed by atoms with Gasteiger partial charge in [-0.15, -0.1) is 0 Å². The topological polar surface area (TPSA) is 81.4 Å². The van der Waals surface area contributed by atoms with Crippen molar-refractivity contribution < 1.29 is 13.2 Å². The maximum absolute atomic E-state index is 12.0. The van der Waals surface area contributed by atoms with Crippen LogP contribution in [-0.4, -0.2) is 34.2 Å². The fourth-order valence-corrected chi connectivity index (χ4v) is 2.57. The average Bonchev–Trinajstić information content (AvgIpc) is 2.36. The number of hydrogen-bond acceptors (Lipinski definition) is 4. The van der Waals surface area contributed by atoms with Crippen molar-refractivity contribution in [3.05, 3.63) is 29.8 Å². The molecule has 0 saturated carbocycles. The Labute approximate surface area is 115 Å². The zero-order valence-corrected chi connectivity index (χ0v) is 12.2. The SMILES string of the molecule is CC(C)OCCNS(=O)(=O)c1ccc(CCN)cc1. The number of hydrogen-bond donors (Lipinski definition) is 2. The van der Waals surface area contributed by atoms with Crippen molar-refractivity contribution in [2.24, 2.45) is 5.73 Å². The molecule has 19 heavy (non-hydrogen) atoms. The molecule has 0 aliphatic carbocycles. The lowest BCUT2D eigenvalue weighted by molar-refractivity contribution is 0.0834. The molecule has 0 unspecified atom stereocenters. The Morgan fingerprint density at radius 2 is 1.89 bits per heavy atom. The lowest BCUT2D eigenvalue weighted by Crippen LogP contribution is -2.28. The summed E-state index contributed by atoms with van der Waals surface area (Å²) in [4.78, 5) is 0.262. The third-order valence-electron chi connectivity index (χ3n) is 2.51. The first-order chi connectivity index (χ1) is 8.95. The molecular formula is C13H22N2O3S.